The van der Waals surface area contributed by atoms with E-state index >= 15 is 0 Å². The van der Waals surface area contributed by atoms with E-state index in [-0.39, 0.29) is 11.9 Å². The molecule has 2 aliphatic rings. The zero-order valence-corrected chi connectivity index (χ0v) is 12.9. The van der Waals surface area contributed by atoms with Crippen LogP contribution in [0.25, 0.3) is 0 Å². The summed E-state index contributed by atoms with van der Waals surface area (Å²) < 4.78 is 0. The molecule has 0 radical (unpaired) electrons. The smallest absolute Gasteiger partial charge is 0.237 e. The van der Waals surface area contributed by atoms with Crippen molar-refractivity contribution in [3.05, 3.63) is 0 Å². The lowest BCUT2D eigenvalue weighted by atomic mass is 9.95. The second-order valence-electron chi connectivity index (χ2n) is 6.48. The second kappa shape index (κ2) is 7.99. The summed E-state index contributed by atoms with van der Waals surface area (Å²) >= 11 is 0. The zero-order valence-electron chi connectivity index (χ0n) is 12.9. The largest absolute Gasteiger partial charge is 0.352 e. The molecule has 1 amide bonds. The fourth-order valence-electron chi connectivity index (χ4n) is 3.75. The highest BCUT2D eigenvalue weighted by atomic mass is 16.2. The number of carbonyl (C=O) groups is 1. The van der Waals surface area contributed by atoms with Gasteiger partial charge in [0.1, 0.15) is 0 Å². The van der Waals surface area contributed by atoms with Crippen molar-refractivity contribution >= 4 is 5.91 Å². The van der Waals surface area contributed by atoms with E-state index in [0.717, 1.165) is 38.8 Å². The summed E-state index contributed by atoms with van der Waals surface area (Å²) in [6.07, 6.45) is 10.8. The van der Waals surface area contributed by atoms with Crippen LogP contribution in [0.2, 0.25) is 0 Å². The lowest BCUT2D eigenvalue weighted by Crippen LogP contribution is -2.50. The van der Waals surface area contributed by atoms with Gasteiger partial charge in [0.25, 0.3) is 0 Å². The monoisotopic (exact) mass is 281 g/mol. The van der Waals surface area contributed by atoms with Crippen molar-refractivity contribution in [2.45, 2.75) is 82.8 Å². The molecule has 2 unspecified atom stereocenters. The first-order valence-electron chi connectivity index (χ1n) is 8.48. The van der Waals surface area contributed by atoms with E-state index in [9.17, 15) is 4.79 Å². The Kier molecular flexibility index (Phi) is 6.30. The highest BCUT2D eigenvalue weighted by molar-refractivity contribution is 5.81. The van der Waals surface area contributed by atoms with Crippen molar-refractivity contribution in [3.8, 4) is 0 Å². The maximum Gasteiger partial charge on any atom is 0.237 e. The van der Waals surface area contributed by atoms with Gasteiger partial charge < -0.3 is 11.1 Å². The van der Waals surface area contributed by atoms with Crippen molar-refractivity contribution in [1.82, 2.24) is 10.2 Å². The van der Waals surface area contributed by atoms with Crippen LogP contribution in [-0.2, 0) is 4.79 Å². The minimum Gasteiger partial charge on any atom is -0.352 e. The van der Waals surface area contributed by atoms with E-state index in [2.05, 4.69) is 17.1 Å². The average molecular weight is 281 g/mol. The number of nitrogens with one attached hydrogen (secondary N) is 1. The number of rotatable bonds is 6. The molecule has 1 aliphatic carbocycles. The predicted octanol–water partition coefficient (Wildman–Crippen LogP) is 2.03. The number of nitrogens with two attached hydrogens (primary N) is 1. The summed E-state index contributed by atoms with van der Waals surface area (Å²) in [5, 5.41) is 3.27. The molecular weight excluding hydrogens is 250 g/mol. The van der Waals surface area contributed by atoms with Gasteiger partial charge in [-0.2, -0.15) is 0 Å². The number of carbonyl (C=O) groups excluding carboxylic acids is 1. The number of nitrogens with zero attached hydrogens (tertiary/aromatic N) is 1. The highest BCUT2D eigenvalue weighted by Gasteiger charge is 2.32. The van der Waals surface area contributed by atoms with E-state index in [0.29, 0.717) is 12.1 Å². The Hall–Kier alpha value is -0.610. The molecular formula is C16H31N3O. The summed E-state index contributed by atoms with van der Waals surface area (Å²) in [7, 11) is 0. The first kappa shape index (κ1) is 15.8. The molecule has 20 heavy (non-hydrogen) atoms. The Morgan fingerprint density at radius 2 is 2.00 bits per heavy atom. The van der Waals surface area contributed by atoms with Gasteiger partial charge in [-0.15, -0.1) is 0 Å². The van der Waals surface area contributed by atoms with Gasteiger partial charge in [-0.1, -0.05) is 19.3 Å². The highest BCUT2D eigenvalue weighted by Crippen LogP contribution is 2.24. The van der Waals surface area contributed by atoms with Gasteiger partial charge in [0.2, 0.25) is 5.91 Å². The van der Waals surface area contributed by atoms with E-state index in [4.69, 9.17) is 5.73 Å². The molecule has 2 fully saturated rings. The van der Waals surface area contributed by atoms with Crippen LogP contribution < -0.4 is 11.1 Å². The number of likely N-dealkylation sites (tertiary alicyclic amines) is 1. The molecule has 0 bridgehead atoms. The lowest BCUT2D eigenvalue weighted by molar-refractivity contribution is -0.127. The molecule has 1 aliphatic heterocycles. The van der Waals surface area contributed by atoms with Gasteiger partial charge in [0.15, 0.2) is 0 Å². The van der Waals surface area contributed by atoms with E-state index < -0.39 is 0 Å². The number of amides is 1. The zero-order chi connectivity index (χ0) is 14.4. The Labute approximate surface area is 123 Å². The van der Waals surface area contributed by atoms with Crippen LogP contribution in [-0.4, -0.2) is 42.0 Å². The Morgan fingerprint density at radius 1 is 1.25 bits per heavy atom. The lowest BCUT2D eigenvalue weighted by Gasteiger charge is -2.32. The van der Waals surface area contributed by atoms with Gasteiger partial charge in [-0.05, 0) is 58.5 Å². The third kappa shape index (κ3) is 4.19. The molecule has 1 saturated carbocycles. The Morgan fingerprint density at radius 3 is 2.70 bits per heavy atom. The van der Waals surface area contributed by atoms with E-state index in [1.54, 1.807) is 0 Å². The molecule has 116 valence electrons. The minimum atomic E-state index is 0.0159. The second-order valence-corrected chi connectivity index (χ2v) is 6.48. The molecule has 2 atom stereocenters. The average Bonchev–Trinajstić information content (AvgIpc) is 2.93. The third-order valence-corrected chi connectivity index (χ3v) is 4.99. The maximum absolute atomic E-state index is 12.4. The van der Waals surface area contributed by atoms with Crippen LogP contribution in [0.15, 0.2) is 0 Å². The Balaban J connectivity index is 1.81. The molecule has 3 N–H and O–H groups in total. The van der Waals surface area contributed by atoms with Crippen molar-refractivity contribution in [2.75, 3.05) is 13.1 Å². The Bertz CT molecular complexity index is 302. The van der Waals surface area contributed by atoms with Crippen LogP contribution in [0.4, 0.5) is 0 Å². The molecule has 1 heterocycles. The van der Waals surface area contributed by atoms with Crippen LogP contribution in [0.3, 0.4) is 0 Å². The van der Waals surface area contributed by atoms with E-state index in [1.807, 2.05) is 0 Å². The maximum atomic E-state index is 12.4. The number of hydrogen-bond acceptors (Lipinski definition) is 3. The summed E-state index contributed by atoms with van der Waals surface area (Å²) in [6.45, 7) is 3.89. The van der Waals surface area contributed by atoms with Gasteiger partial charge in [0.05, 0.1) is 6.04 Å². The van der Waals surface area contributed by atoms with Gasteiger partial charge >= 0.3 is 0 Å². The molecule has 0 aromatic rings. The number of hydrogen-bond donors (Lipinski definition) is 2. The molecule has 1 saturated heterocycles. The molecule has 0 spiro atoms. The molecule has 0 aromatic carbocycles. The summed E-state index contributed by atoms with van der Waals surface area (Å²) in [5.74, 6) is 0.233. The van der Waals surface area contributed by atoms with Crippen LogP contribution >= 0.6 is 0 Å². The van der Waals surface area contributed by atoms with Crippen molar-refractivity contribution in [3.63, 3.8) is 0 Å². The van der Waals surface area contributed by atoms with Crippen molar-refractivity contribution in [2.24, 2.45) is 5.73 Å². The van der Waals surface area contributed by atoms with Gasteiger partial charge in [-0.25, -0.2) is 0 Å². The van der Waals surface area contributed by atoms with E-state index in [1.165, 1.54) is 32.1 Å². The van der Waals surface area contributed by atoms with Crippen molar-refractivity contribution < 1.29 is 4.79 Å². The topological polar surface area (TPSA) is 58.4 Å². The molecule has 4 heteroatoms. The van der Waals surface area contributed by atoms with Crippen LogP contribution in [0, 0.1) is 0 Å². The standard InChI is InChI=1S/C16H31N3O/c1-13(16(20)18-14-7-3-2-4-8-14)19-12-6-10-15(19)9-5-11-17/h13-15H,2-12,17H2,1H3,(H,18,20). The molecule has 4 nitrogen and oxygen atoms in total. The fraction of sp³-hybridized carbons (Fsp3) is 0.938. The van der Waals surface area contributed by atoms with Crippen molar-refractivity contribution in [1.29, 1.82) is 0 Å². The molecule has 2 rings (SSSR count). The first-order chi connectivity index (χ1) is 9.72. The first-order valence-corrected chi connectivity index (χ1v) is 8.48. The summed E-state index contributed by atoms with van der Waals surface area (Å²) in [6, 6.07) is 0.997. The van der Waals surface area contributed by atoms with Gasteiger partial charge in [0, 0.05) is 12.1 Å². The fourth-order valence-corrected chi connectivity index (χ4v) is 3.75. The SMILES string of the molecule is CC(C(=O)NC1CCCCC1)N1CCCC1CCCN. The van der Waals surface area contributed by atoms with Crippen LogP contribution in [0.5, 0.6) is 0 Å². The summed E-state index contributed by atoms with van der Waals surface area (Å²) in [4.78, 5) is 14.8. The normalized spacial score (nSPS) is 26.6. The minimum absolute atomic E-state index is 0.0159. The summed E-state index contributed by atoms with van der Waals surface area (Å²) in [5.41, 5.74) is 5.61. The molecule has 0 aromatic heterocycles. The predicted molar refractivity (Wildman–Crippen MR) is 82.5 cm³/mol. The third-order valence-electron chi connectivity index (χ3n) is 4.99. The quantitative estimate of drug-likeness (QED) is 0.783. The van der Waals surface area contributed by atoms with Crippen LogP contribution in [0.1, 0.15) is 64.7 Å². The van der Waals surface area contributed by atoms with Gasteiger partial charge in [-0.3, -0.25) is 9.69 Å².